The molecule has 0 radical (unpaired) electrons. The molecule has 0 amide bonds. The van der Waals surface area contributed by atoms with E-state index in [0.717, 1.165) is 12.3 Å². The minimum Gasteiger partial charge on any atom is -0.492 e. The van der Waals surface area contributed by atoms with E-state index >= 15 is 0 Å². The van der Waals surface area contributed by atoms with Crippen LogP contribution in [0.25, 0.3) is 0 Å². The summed E-state index contributed by atoms with van der Waals surface area (Å²) < 4.78 is 5.47. The Hall–Kier alpha value is -2.09. The van der Waals surface area contributed by atoms with E-state index in [-0.39, 0.29) is 11.3 Å². The highest BCUT2D eigenvalue weighted by Crippen LogP contribution is 2.32. The zero-order valence-corrected chi connectivity index (χ0v) is 9.26. The number of nitro benzene ring substituents is 1. The van der Waals surface area contributed by atoms with Crippen molar-refractivity contribution in [1.29, 1.82) is 5.26 Å². The van der Waals surface area contributed by atoms with Crippen molar-refractivity contribution in [3.8, 4) is 11.8 Å². The summed E-state index contributed by atoms with van der Waals surface area (Å²) in [7, 11) is 0. The SMILES string of the molecule is N#Cc1cc([N+](=O)[O-])ccc1OCCC1CC1. The predicted molar refractivity (Wildman–Crippen MR) is 60.6 cm³/mol. The molecule has 1 aliphatic rings. The van der Waals surface area contributed by atoms with Crippen LogP contribution in [0.4, 0.5) is 5.69 Å². The Balaban J connectivity index is 2.04. The number of nitrogens with zero attached hydrogens (tertiary/aromatic N) is 2. The van der Waals surface area contributed by atoms with Gasteiger partial charge in [0.1, 0.15) is 17.4 Å². The standard InChI is InChI=1S/C12H12N2O3/c13-8-10-7-11(14(15)16)3-4-12(10)17-6-5-9-1-2-9/h3-4,7,9H,1-2,5-6H2. The average molecular weight is 232 g/mol. The smallest absolute Gasteiger partial charge is 0.271 e. The first kappa shape index (κ1) is 11.4. The molecule has 0 bridgehead atoms. The van der Waals surface area contributed by atoms with Gasteiger partial charge in [0.2, 0.25) is 0 Å². The van der Waals surface area contributed by atoms with Crippen LogP contribution in [0.15, 0.2) is 18.2 Å². The molecule has 1 aliphatic carbocycles. The molecule has 0 unspecified atom stereocenters. The van der Waals surface area contributed by atoms with Gasteiger partial charge in [0.05, 0.1) is 11.5 Å². The van der Waals surface area contributed by atoms with Crippen molar-refractivity contribution in [3.63, 3.8) is 0 Å². The lowest BCUT2D eigenvalue weighted by Crippen LogP contribution is -2.00. The van der Waals surface area contributed by atoms with E-state index in [1.807, 2.05) is 6.07 Å². The van der Waals surface area contributed by atoms with Crippen LogP contribution in [-0.2, 0) is 0 Å². The Kier molecular flexibility index (Phi) is 3.24. The van der Waals surface area contributed by atoms with E-state index in [9.17, 15) is 10.1 Å². The van der Waals surface area contributed by atoms with Crippen LogP contribution in [0.3, 0.4) is 0 Å². The predicted octanol–water partition coefficient (Wildman–Crippen LogP) is 2.65. The van der Waals surface area contributed by atoms with Gasteiger partial charge >= 0.3 is 0 Å². The fourth-order valence-electron chi connectivity index (χ4n) is 1.59. The Morgan fingerprint density at radius 2 is 2.29 bits per heavy atom. The lowest BCUT2D eigenvalue weighted by atomic mass is 10.2. The van der Waals surface area contributed by atoms with Crippen molar-refractivity contribution < 1.29 is 9.66 Å². The molecule has 17 heavy (non-hydrogen) atoms. The molecule has 5 nitrogen and oxygen atoms in total. The van der Waals surface area contributed by atoms with Crippen molar-refractivity contribution >= 4 is 5.69 Å². The summed E-state index contributed by atoms with van der Waals surface area (Å²) in [6.45, 7) is 0.567. The minimum absolute atomic E-state index is 0.0870. The minimum atomic E-state index is -0.519. The fraction of sp³-hybridized carbons (Fsp3) is 0.417. The molecule has 5 heteroatoms. The highest BCUT2D eigenvalue weighted by molar-refractivity contribution is 5.50. The highest BCUT2D eigenvalue weighted by atomic mass is 16.6. The highest BCUT2D eigenvalue weighted by Gasteiger charge is 2.21. The molecule has 0 saturated heterocycles. The Bertz CT molecular complexity index is 475. The zero-order chi connectivity index (χ0) is 12.3. The van der Waals surface area contributed by atoms with Crippen molar-refractivity contribution in [3.05, 3.63) is 33.9 Å². The third-order valence-electron chi connectivity index (χ3n) is 2.78. The number of benzene rings is 1. The van der Waals surface area contributed by atoms with Crippen LogP contribution >= 0.6 is 0 Å². The Morgan fingerprint density at radius 3 is 2.88 bits per heavy atom. The molecule has 1 aromatic rings. The zero-order valence-electron chi connectivity index (χ0n) is 9.26. The second kappa shape index (κ2) is 4.83. The van der Waals surface area contributed by atoms with Gasteiger partial charge in [-0.2, -0.15) is 5.26 Å². The normalized spacial score (nSPS) is 14.1. The number of hydrogen-bond acceptors (Lipinski definition) is 4. The van der Waals surface area contributed by atoms with Crippen molar-refractivity contribution in [2.45, 2.75) is 19.3 Å². The number of rotatable bonds is 5. The van der Waals surface area contributed by atoms with E-state index in [0.29, 0.717) is 12.4 Å². The number of ether oxygens (including phenoxy) is 1. The van der Waals surface area contributed by atoms with E-state index in [4.69, 9.17) is 10.00 Å². The van der Waals surface area contributed by atoms with E-state index in [1.54, 1.807) is 0 Å². The van der Waals surface area contributed by atoms with Crippen molar-refractivity contribution in [2.24, 2.45) is 5.92 Å². The summed E-state index contributed by atoms with van der Waals surface area (Å²) in [4.78, 5) is 10.0. The molecule has 0 spiro atoms. The molecule has 2 rings (SSSR count). The lowest BCUT2D eigenvalue weighted by molar-refractivity contribution is -0.384. The first-order valence-corrected chi connectivity index (χ1v) is 5.52. The monoisotopic (exact) mass is 232 g/mol. The maximum atomic E-state index is 10.5. The quantitative estimate of drug-likeness (QED) is 0.577. The molecule has 0 atom stereocenters. The lowest BCUT2D eigenvalue weighted by Gasteiger charge is -2.06. The van der Waals surface area contributed by atoms with Gasteiger partial charge < -0.3 is 4.74 Å². The summed E-state index contributed by atoms with van der Waals surface area (Å²) in [5.74, 6) is 1.19. The molecule has 0 aromatic heterocycles. The first-order valence-electron chi connectivity index (χ1n) is 5.52. The second-order valence-corrected chi connectivity index (χ2v) is 4.13. The maximum absolute atomic E-state index is 10.5. The number of non-ortho nitro benzene ring substituents is 1. The van der Waals surface area contributed by atoms with Gasteiger partial charge in [-0.3, -0.25) is 10.1 Å². The second-order valence-electron chi connectivity index (χ2n) is 4.13. The van der Waals surface area contributed by atoms with Crippen molar-refractivity contribution in [1.82, 2.24) is 0 Å². The largest absolute Gasteiger partial charge is 0.492 e. The van der Waals surface area contributed by atoms with E-state index < -0.39 is 4.92 Å². The third-order valence-corrected chi connectivity index (χ3v) is 2.78. The van der Waals surface area contributed by atoms with E-state index in [1.165, 1.54) is 31.0 Å². The third kappa shape index (κ3) is 2.94. The van der Waals surface area contributed by atoms with Crippen LogP contribution in [0.5, 0.6) is 5.75 Å². The molecule has 1 aromatic carbocycles. The Labute approximate surface area is 98.8 Å². The van der Waals surface area contributed by atoms with Gasteiger partial charge in [-0.15, -0.1) is 0 Å². The Morgan fingerprint density at radius 1 is 1.53 bits per heavy atom. The van der Waals surface area contributed by atoms with Crippen LogP contribution in [0.1, 0.15) is 24.8 Å². The summed E-state index contributed by atoms with van der Waals surface area (Å²) >= 11 is 0. The van der Waals surface area contributed by atoms with Crippen LogP contribution in [-0.4, -0.2) is 11.5 Å². The summed E-state index contributed by atoms with van der Waals surface area (Å²) in [6.07, 6.45) is 3.51. The summed E-state index contributed by atoms with van der Waals surface area (Å²) in [5.41, 5.74) is 0.131. The van der Waals surface area contributed by atoms with Crippen LogP contribution in [0, 0.1) is 27.4 Å². The van der Waals surface area contributed by atoms with Crippen LogP contribution in [0.2, 0.25) is 0 Å². The first-order chi connectivity index (χ1) is 8.20. The number of hydrogen-bond donors (Lipinski definition) is 0. The molecule has 1 saturated carbocycles. The molecule has 0 N–H and O–H groups in total. The molecule has 88 valence electrons. The van der Waals surface area contributed by atoms with Crippen LogP contribution < -0.4 is 4.74 Å². The van der Waals surface area contributed by atoms with E-state index in [2.05, 4.69) is 0 Å². The van der Waals surface area contributed by atoms with Gasteiger partial charge in [-0.1, -0.05) is 12.8 Å². The van der Waals surface area contributed by atoms with Gasteiger partial charge in [-0.25, -0.2) is 0 Å². The summed E-state index contributed by atoms with van der Waals surface area (Å²) in [6, 6.07) is 6.00. The molecule has 0 aliphatic heterocycles. The molecular formula is C12H12N2O3. The van der Waals surface area contributed by atoms with Gasteiger partial charge in [0, 0.05) is 12.1 Å². The van der Waals surface area contributed by atoms with Gasteiger partial charge in [0.15, 0.2) is 0 Å². The van der Waals surface area contributed by atoms with Crippen molar-refractivity contribution in [2.75, 3.05) is 6.61 Å². The average Bonchev–Trinajstić information content (AvgIpc) is 3.13. The van der Waals surface area contributed by atoms with Gasteiger partial charge in [-0.05, 0) is 18.4 Å². The molecule has 1 fully saturated rings. The molecule has 0 heterocycles. The summed E-state index contributed by atoms with van der Waals surface area (Å²) in [5, 5.41) is 19.4. The van der Waals surface area contributed by atoms with Gasteiger partial charge in [0.25, 0.3) is 5.69 Å². The number of nitriles is 1. The molecular weight excluding hydrogens is 220 g/mol. The fourth-order valence-corrected chi connectivity index (χ4v) is 1.59. The maximum Gasteiger partial charge on any atom is 0.271 e. The number of nitro groups is 1. The topological polar surface area (TPSA) is 76.2 Å².